The highest BCUT2D eigenvalue weighted by Gasteiger charge is 2.24. The molecule has 2 unspecified atom stereocenters. The van der Waals surface area contributed by atoms with Gasteiger partial charge in [0.1, 0.15) is 0 Å². The number of nitrogens with one attached hydrogen (secondary N) is 2. The topological polar surface area (TPSA) is 61.4 Å². The Morgan fingerprint density at radius 3 is 2.22 bits per heavy atom. The average molecular weight is 323 g/mol. The molecule has 2 N–H and O–H groups in total. The maximum Gasteiger partial charge on any atom is 0.321 e. The van der Waals surface area contributed by atoms with Crippen LogP contribution in [0.3, 0.4) is 0 Å². The van der Waals surface area contributed by atoms with E-state index >= 15 is 0 Å². The molecule has 2 aliphatic rings. The Morgan fingerprint density at radius 1 is 0.957 bits per heavy atom. The number of hydrogen-bond acceptors (Lipinski definition) is 3. The van der Waals surface area contributed by atoms with E-state index in [9.17, 15) is 9.59 Å². The first-order valence-electron chi connectivity index (χ1n) is 9.37. The number of carbonyl (C=O) groups is 2. The van der Waals surface area contributed by atoms with Crippen molar-refractivity contribution >= 4 is 11.9 Å². The molecule has 0 aromatic heterocycles. The zero-order chi connectivity index (χ0) is 16.7. The number of amides is 3. The van der Waals surface area contributed by atoms with Crippen LogP contribution < -0.4 is 10.6 Å². The van der Waals surface area contributed by atoms with E-state index in [1.54, 1.807) is 0 Å². The molecular weight excluding hydrogens is 290 g/mol. The quantitative estimate of drug-likeness (QED) is 0.782. The third kappa shape index (κ3) is 6.13. The monoisotopic (exact) mass is 323 g/mol. The Morgan fingerprint density at radius 2 is 1.57 bits per heavy atom. The number of likely N-dealkylation sites (N-methyl/N-ethyl adjacent to an activating group) is 1. The van der Waals surface area contributed by atoms with Crippen molar-refractivity contribution in [1.82, 2.24) is 15.5 Å². The second-order valence-electron chi connectivity index (χ2n) is 7.45. The average Bonchev–Trinajstić information content (AvgIpc) is 2.78. The van der Waals surface area contributed by atoms with Gasteiger partial charge in [0, 0.05) is 12.1 Å². The zero-order valence-corrected chi connectivity index (χ0v) is 14.8. The Kier molecular flexibility index (Phi) is 7.34. The number of nitrogens with zero attached hydrogens (tertiary/aromatic N) is 1. The van der Waals surface area contributed by atoms with Gasteiger partial charge < -0.3 is 5.32 Å². The fourth-order valence-corrected chi connectivity index (χ4v) is 3.96. The first-order valence-corrected chi connectivity index (χ1v) is 9.37. The Bertz CT molecular complexity index is 392. The molecular formula is C18H33N3O2. The van der Waals surface area contributed by atoms with Crippen molar-refractivity contribution in [2.24, 2.45) is 5.92 Å². The summed E-state index contributed by atoms with van der Waals surface area (Å²) in [5.41, 5.74) is 0. The summed E-state index contributed by atoms with van der Waals surface area (Å²) in [4.78, 5) is 26.2. The van der Waals surface area contributed by atoms with Gasteiger partial charge in [0.05, 0.1) is 6.54 Å². The predicted molar refractivity (Wildman–Crippen MR) is 92.2 cm³/mol. The number of urea groups is 1. The predicted octanol–water partition coefficient (Wildman–Crippen LogP) is 3.05. The van der Waals surface area contributed by atoms with Crippen molar-refractivity contribution in [3.8, 4) is 0 Å². The molecule has 5 nitrogen and oxygen atoms in total. The van der Waals surface area contributed by atoms with Gasteiger partial charge >= 0.3 is 6.03 Å². The lowest BCUT2D eigenvalue weighted by Gasteiger charge is -2.29. The van der Waals surface area contributed by atoms with Crippen LogP contribution in [-0.4, -0.2) is 42.5 Å². The largest absolute Gasteiger partial charge is 0.335 e. The van der Waals surface area contributed by atoms with Crippen molar-refractivity contribution < 1.29 is 9.59 Å². The summed E-state index contributed by atoms with van der Waals surface area (Å²) in [6.45, 7) is 2.48. The highest BCUT2D eigenvalue weighted by atomic mass is 16.2. The summed E-state index contributed by atoms with van der Waals surface area (Å²) in [5.74, 6) is 0.302. The van der Waals surface area contributed by atoms with Gasteiger partial charge in [0.2, 0.25) is 5.91 Å². The lowest BCUT2D eigenvalue weighted by molar-refractivity contribution is -0.121. The molecule has 5 heteroatoms. The number of imide groups is 1. The number of hydrogen-bond donors (Lipinski definition) is 2. The van der Waals surface area contributed by atoms with E-state index < -0.39 is 0 Å². The van der Waals surface area contributed by atoms with E-state index in [0.29, 0.717) is 18.5 Å². The molecule has 3 amide bonds. The molecule has 0 aromatic carbocycles. The molecule has 0 saturated heterocycles. The van der Waals surface area contributed by atoms with Crippen molar-refractivity contribution in [2.75, 3.05) is 13.6 Å². The van der Waals surface area contributed by atoms with Crippen LogP contribution in [0.1, 0.15) is 71.1 Å². The van der Waals surface area contributed by atoms with Crippen molar-refractivity contribution in [1.29, 1.82) is 0 Å². The van der Waals surface area contributed by atoms with Gasteiger partial charge in [-0.2, -0.15) is 0 Å². The molecule has 2 rings (SSSR count). The molecule has 2 aliphatic carbocycles. The summed E-state index contributed by atoms with van der Waals surface area (Å²) in [6, 6.07) is 0.351. The van der Waals surface area contributed by atoms with Crippen molar-refractivity contribution in [2.45, 2.75) is 83.2 Å². The van der Waals surface area contributed by atoms with Gasteiger partial charge in [-0.25, -0.2) is 4.79 Å². The molecule has 23 heavy (non-hydrogen) atoms. The van der Waals surface area contributed by atoms with Crippen LogP contribution in [0.2, 0.25) is 0 Å². The third-order valence-electron chi connectivity index (χ3n) is 5.52. The minimum atomic E-state index is -0.331. The fraction of sp³-hybridized carbons (Fsp3) is 0.889. The Balaban J connectivity index is 1.71. The summed E-state index contributed by atoms with van der Waals surface area (Å²) in [7, 11) is 2.00. The van der Waals surface area contributed by atoms with E-state index in [0.717, 1.165) is 32.1 Å². The lowest BCUT2D eigenvalue weighted by Crippen LogP contribution is -2.50. The van der Waals surface area contributed by atoms with Crippen LogP contribution in [0, 0.1) is 5.92 Å². The van der Waals surface area contributed by atoms with E-state index in [1.807, 2.05) is 7.05 Å². The van der Waals surface area contributed by atoms with Gasteiger partial charge in [-0.3, -0.25) is 15.0 Å². The first-order chi connectivity index (χ1) is 11.1. The van der Waals surface area contributed by atoms with Gasteiger partial charge in [-0.05, 0) is 38.6 Å². The molecule has 0 bridgehead atoms. The summed E-state index contributed by atoms with van der Waals surface area (Å²) >= 11 is 0. The van der Waals surface area contributed by atoms with E-state index in [1.165, 1.54) is 32.1 Å². The summed E-state index contributed by atoms with van der Waals surface area (Å²) in [6.07, 6.45) is 12.0. The Labute approximate surface area is 140 Å². The van der Waals surface area contributed by atoms with Gasteiger partial charge in [0.25, 0.3) is 0 Å². The summed E-state index contributed by atoms with van der Waals surface area (Å²) < 4.78 is 0. The molecule has 0 aromatic rings. The molecule has 2 atom stereocenters. The maximum absolute atomic E-state index is 12.1. The smallest absolute Gasteiger partial charge is 0.321 e. The van der Waals surface area contributed by atoms with E-state index in [4.69, 9.17) is 0 Å². The molecule has 0 spiro atoms. The lowest BCUT2D eigenvalue weighted by atomic mass is 9.86. The zero-order valence-electron chi connectivity index (χ0n) is 14.8. The second-order valence-corrected chi connectivity index (χ2v) is 7.45. The van der Waals surface area contributed by atoms with Crippen molar-refractivity contribution in [3.63, 3.8) is 0 Å². The summed E-state index contributed by atoms with van der Waals surface area (Å²) in [5, 5.41) is 5.48. The van der Waals surface area contributed by atoms with Gasteiger partial charge in [-0.1, -0.05) is 45.4 Å². The molecule has 0 heterocycles. The normalized spacial score (nSPS) is 26.6. The van der Waals surface area contributed by atoms with Crippen LogP contribution in [0.5, 0.6) is 0 Å². The van der Waals surface area contributed by atoms with Crippen LogP contribution >= 0.6 is 0 Å². The van der Waals surface area contributed by atoms with E-state index in [2.05, 4.69) is 22.5 Å². The van der Waals surface area contributed by atoms with Crippen LogP contribution in [-0.2, 0) is 4.79 Å². The van der Waals surface area contributed by atoms with Gasteiger partial charge in [-0.15, -0.1) is 0 Å². The van der Waals surface area contributed by atoms with Crippen LogP contribution in [0.4, 0.5) is 4.79 Å². The second kappa shape index (κ2) is 9.26. The highest BCUT2D eigenvalue weighted by Crippen LogP contribution is 2.23. The van der Waals surface area contributed by atoms with Crippen molar-refractivity contribution in [3.05, 3.63) is 0 Å². The Hall–Kier alpha value is -1.10. The fourth-order valence-electron chi connectivity index (χ4n) is 3.96. The van der Waals surface area contributed by atoms with Crippen LogP contribution in [0.25, 0.3) is 0 Å². The highest BCUT2D eigenvalue weighted by molar-refractivity contribution is 5.95. The molecule has 2 saturated carbocycles. The number of rotatable bonds is 4. The first kappa shape index (κ1) is 18.2. The molecule has 2 fully saturated rings. The third-order valence-corrected chi connectivity index (χ3v) is 5.52. The standard InChI is InChI=1S/C18H33N3O2/c1-14-9-7-8-12-16(14)19-18(23)20-17(22)13-21(2)15-10-5-3-4-6-11-15/h14-16H,3-13H2,1-2H3,(H2,19,20,22,23). The molecule has 0 aliphatic heterocycles. The van der Waals surface area contributed by atoms with Gasteiger partial charge in [0.15, 0.2) is 0 Å². The number of carbonyl (C=O) groups excluding carboxylic acids is 2. The minimum absolute atomic E-state index is 0.197. The van der Waals surface area contributed by atoms with Crippen LogP contribution in [0.15, 0.2) is 0 Å². The SMILES string of the molecule is CC1CCCCC1NC(=O)NC(=O)CN(C)C1CCCCCC1. The molecule has 0 radical (unpaired) electrons. The minimum Gasteiger partial charge on any atom is -0.335 e. The van der Waals surface area contributed by atoms with E-state index in [-0.39, 0.29) is 18.0 Å². The maximum atomic E-state index is 12.1. The molecule has 132 valence electrons.